The number of likely N-dealkylation sites (N-methyl/N-ethyl adjacent to an activating group) is 1. The Hall–Kier alpha value is -3.26. The fourth-order valence-electron chi connectivity index (χ4n) is 2.35. The van der Waals surface area contributed by atoms with Crippen molar-refractivity contribution >= 4 is 17.7 Å². The molecule has 0 N–H and O–H groups in total. The Morgan fingerprint density at radius 3 is 2.60 bits per heavy atom. The predicted molar refractivity (Wildman–Crippen MR) is 97.6 cm³/mol. The van der Waals surface area contributed by atoms with Crippen LogP contribution in [0.15, 0.2) is 54.6 Å². The Bertz CT molecular complexity index is 779. The molecule has 0 aliphatic heterocycles. The lowest BCUT2D eigenvalue weighted by atomic mass is 10.2. The third kappa shape index (κ3) is 4.85. The molecule has 0 aliphatic rings. The molecule has 0 aromatic heterocycles. The van der Waals surface area contributed by atoms with Crippen LogP contribution in [0, 0.1) is 11.3 Å². The maximum absolute atomic E-state index is 12.5. The molecule has 0 spiro atoms. The quantitative estimate of drug-likeness (QED) is 0.724. The zero-order chi connectivity index (χ0) is 18.1. The zero-order valence-corrected chi connectivity index (χ0v) is 14.3. The monoisotopic (exact) mass is 336 g/mol. The number of rotatable bonds is 7. The molecule has 0 bridgehead atoms. The van der Waals surface area contributed by atoms with Crippen LogP contribution >= 0.6 is 0 Å². The van der Waals surface area contributed by atoms with E-state index in [0.717, 1.165) is 11.3 Å². The number of ether oxygens (including phenoxy) is 2. The lowest BCUT2D eigenvalue weighted by Crippen LogP contribution is -2.28. The van der Waals surface area contributed by atoms with Crippen molar-refractivity contribution in [2.45, 2.75) is 6.92 Å². The topological polar surface area (TPSA) is 62.6 Å². The Morgan fingerprint density at radius 1 is 1.20 bits per heavy atom. The van der Waals surface area contributed by atoms with E-state index in [9.17, 15) is 4.79 Å². The standard InChI is InChI=1S/C20H20N2O3/c1-3-22(17-7-5-4-6-8-17)20(23)12-10-16-9-11-18(25-14-13-21)19(15-16)24-2/h4-12,15H,3,14H2,1-2H3/b12-10+. The molecule has 5 nitrogen and oxygen atoms in total. The molecule has 0 fully saturated rings. The highest BCUT2D eigenvalue weighted by molar-refractivity contribution is 6.03. The van der Waals surface area contributed by atoms with Crippen LogP contribution in [-0.4, -0.2) is 26.2 Å². The average molecular weight is 336 g/mol. The molecular weight excluding hydrogens is 316 g/mol. The van der Waals surface area contributed by atoms with Gasteiger partial charge in [-0.3, -0.25) is 4.79 Å². The molecule has 0 saturated heterocycles. The molecule has 0 heterocycles. The molecule has 0 unspecified atom stereocenters. The minimum Gasteiger partial charge on any atom is -0.493 e. The van der Waals surface area contributed by atoms with Gasteiger partial charge in [-0.2, -0.15) is 5.26 Å². The van der Waals surface area contributed by atoms with E-state index in [2.05, 4.69) is 0 Å². The molecule has 128 valence electrons. The van der Waals surface area contributed by atoms with Gasteiger partial charge in [0.25, 0.3) is 5.91 Å². The molecule has 2 aromatic rings. The number of nitriles is 1. The summed E-state index contributed by atoms with van der Waals surface area (Å²) in [7, 11) is 1.53. The highest BCUT2D eigenvalue weighted by atomic mass is 16.5. The predicted octanol–water partition coefficient (Wildman–Crippen LogP) is 3.66. The van der Waals surface area contributed by atoms with E-state index in [1.807, 2.05) is 43.3 Å². The van der Waals surface area contributed by atoms with Crippen LogP contribution in [0.25, 0.3) is 6.08 Å². The van der Waals surface area contributed by atoms with Crippen LogP contribution < -0.4 is 14.4 Å². The number of anilines is 1. The van der Waals surface area contributed by atoms with Crippen LogP contribution in [0.3, 0.4) is 0 Å². The number of nitrogens with zero attached hydrogens (tertiary/aromatic N) is 2. The highest BCUT2D eigenvalue weighted by Crippen LogP contribution is 2.28. The third-order valence-corrected chi connectivity index (χ3v) is 3.55. The summed E-state index contributed by atoms with van der Waals surface area (Å²) in [6.45, 7) is 2.47. The van der Waals surface area contributed by atoms with Gasteiger partial charge in [-0.15, -0.1) is 0 Å². The molecule has 0 saturated carbocycles. The lowest BCUT2D eigenvalue weighted by molar-refractivity contribution is -0.114. The first-order chi connectivity index (χ1) is 12.2. The van der Waals surface area contributed by atoms with Crippen LogP contribution in [-0.2, 0) is 4.79 Å². The average Bonchev–Trinajstić information content (AvgIpc) is 2.66. The summed E-state index contributed by atoms with van der Waals surface area (Å²) in [6, 6.07) is 16.7. The van der Waals surface area contributed by atoms with Crippen molar-refractivity contribution in [3.63, 3.8) is 0 Å². The molecule has 25 heavy (non-hydrogen) atoms. The van der Waals surface area contributed by atoms with Crippen molar-refractivity contribution in [3.8, 4) is 17.6 Å². The van der Waals surface area contributed by atoms with Gasteiger partial charge in [0.05, 0.1) is 7.11 Å². The molecule has 0 atom stereocenters. The van der Waals surface area contributed by atoms with E-state index in [1.165, 1.54) is 13.2 Å². The van der Waals surface area contributed by atoms with Gasteiger partial charge in [0.2, 0.25) is 0 Å². The zero-order valence-electron chi connectivity index (χ0n) is 14.3. The normalized spacial score (nSPS) is 10.3. The Morgan fingerprint density at radius 2 is 1.96 bits per heavy atom. The minimum atomic E-state index is -0.0996. The first-order valence-corrected chi connectivity index (χ1v) is 7.92. The number of carbonyl (C=O) groups is 1. The van der Waals surface area contributed by atoms with Gasteiger partial charge in [-0.05, 0) is 42.8 Å². The first-order valence-electron chi connectivity index (χ1n) is 7.92. The van der Waals surface area contributed by atoms with E-state index in [1.54, 1.807) is 29.2 Å². The summed E-state index contributed by atoms with van der Waals surface area (Å²) in [4.78, 5) is 14.2. The van der Waals surface area contributed by atoms with Crippen molar-refractivity contribution in [2.75, 3.05) is 25.2 Å². The van der Waals surface area contributed by atoms with Crippen molar-refractivity contribution < 1.29 is 14.3 Å². The Labute approximate surface area is 147 Å². The maximum Gasteiger partial charge on any atom is 0.250 e. The number of carbonyl (C=O) groups excluding carboxylic acids is 1. The van der Waals surface area contributed by atoms with E-state index in [-0.39, 0.29) is 12.5 Å². The Balaban J connectivity index is 2.15. The van der Waals surface area contributed by atoms with Crippen LogP contribution in [0.1, 0.15) is 12.5 Å². The number of amides is 1. The summed E-state index contributed by atoms with van der Waals surface area (Å²) in [5, 5.41) is 8.59. The number of benzene rings is 2. The minimum absolute atomic E-state index is 0.0490. The second kappa shape index (κ2) is 9.14. The second-order valence-electron chi connectivity index (χ2n) is 5.11. The van der Waals surface area contributed by atoms with E-state index in [4.69, 9.17) is 14.7 Å². The molecule has 5 heteroatoms. The molecule has 0 aliphatic carbocycles. The largest absolute Gasteiger partial charge is 0.493 e. The van der Waals surface area contributed by atoms with Gasteiger partial charge in [0.15, 0.2) is 18.1 Å². The second-order valence-corrected chi connectivity index (χ2v) is 5.11. The van der Waals surface area contributed by atoms with E-state index >= 15 is 0 Å². The number of methoxy groups -OCH3 is 1. The molecule has 0 radical (unpaired) electrons. The van der Waals surface area contributed by atoms with Gasteiger partial charge in [-0.25, -0.2) is 0 Å². The smallest absolute Gasteiger partial charge is 0.250 e. The summed E-state index contributed by atoms with van der Waals surface area (Å²) in [5.74, 6) is 0.907. The lowest BCUT2D eigenvalue weighted by Gasteiger charge is -2.19. The highest BCUT2D eigenvalue weighted by Gasteiger charge is 2.10. The summed E-state index contributed by atoms with van der Waals surface area (Å²) in [5.41, 5.74) is 1.66. The van der Waals surface area contributed by atoms with Gasteiger partial charge in [0.1, 0.15) is 6.07 Å². The van der Waals surface area contributed by atoms with Crippen LogP contribution in [0.2, 0.25) is 0 Å². The van der Waals surface area contributed by atoms with Crippen molar-refractivity contribution in [1.29, 1.82) is 5.26 Å². The SMILES string of the molecule is CCN(C(=O)/C=C/c1ccc(OCC#N)c(OC)c1)c1ccccc1. The van der Waals surface area contributed by atoms with Gasteiger partial charge in [-0.1, -0.05) is 24.3 Å². The van der Waals surface area contributed by atoms with Crippen molar-refractivity contribution in [3.05, 3.63) is 60.2 Å². The van der Waals surface area contributed by atoms with E-state index in [0.29, 0.717) is 18.0 Å². The molecule has 1 amide bonds. The molecular formula is C20H20N2O3. The first kappa shape index (κ1) is 18.1. The van der Waals surface area contributed by atoms with Crippen molar-refractivity contribution in [2.24, 2.45) is 0 Å². The summed E-state index contributed by atoms with van der Waals surface area (Å²) in [6.07, 6.45) is 3.26. The third-order valence-electron chi connectivity index (χ3n) is 3.55. The maximum atomic E-state index is 12.5. The van der Waals surface area contributed by atoms with E-state index < -0.39 is 0 Å². The number of hydrogen-bond donors (Lipinski definition) is 0. The number of para-hydroxylation sites is 1. The van der Waals surface area contributed by atoms with Crippen LogP contribution in [0.4, 0.5) is 5.69 Å². The molecule has 2 rings (SSSR count). The van der Waals surface area contributed by atoms with Crippen LogP contribution in [0.5, 0.6) is 11.5 Å². The fraction of sp³-hybridized carbons (Fsp3) is 0.200. The number of hydrogen-bond acceptors (Lipinski definition) is 4. The molecule has 2 aromatic carbocycles. The fourth-order valence-corrected chi connectivity index (χ4v) is 2.35. The van der Waals surface area contributed by atoms with Gasteiger partial charge < -0.3 is 14.4 Å². The Kier molecular flexibility index (Phi) is 6.61. The summed E-state index contributed by atoms with van der Waals surface area (Å²) < 4.78 is 10.6. The van der Waals surface area contributed by atoms with Gasteiger partial charge >= 0.3 is 0 Å². The van der Waals surface area contributed by atoms with Gasteiger partial charge in [0, 0.05) is 18.3 Å². The summed E-state index contributed by atoms with van der Waals surface area (Å²) >= 11 is 0. The van der Waals surface area contributed by atoms with Crippen molar-refractivity contribution in [1.82, 2.24) is 0 Å².